The van der Waals surface area contributed by atoms with Gasteiger partial charge in [0.1, 0.15) is 11.1 Å². The fourth-order valence-corrected chi connectivity index (χ4v) is 5.45. The van der Waals surface area contributed by atoms with Crippen molar-refractivity contribution in [1.29, 1.82) is 5.26 Å². The number of rotatable bonds is 5. The van der Waals surface area contributed by atoms with E-state index in [1.165, 1.54) is 40.2 Å². The molecule has 29 heavy (non-hydrogen) atoms. The number of anilines is 1. The van der Waals surface area contributed by atoms with Crippen molar-refractivity contribution in [3.63, 3.8) is 0 Å². The van der Waals surface area contributed by atoms with Crippen LogP contribution in [0, 0.1) is 11.3 Å². The zero-order valence-corrected chi connectivity index (χ0v) is 17.2. The number of benzene rings is 1. The molecule has 2 aliphatic rings. The Morgan fingerprint density at radius 1 is 1.07 bits per heavy atom. The molecule has 150 valence electrons. The third-order valence-corrected chi connectivity index (χ3v) is 6.87. The normalized spacial score (nSPS) is 15.0. The van der Waals surface area contributed by atoms with Gasteiger partial charge in [0.2, 0.25) is 0 Å². The average Bonchev–Trinajstić information content (AvgIpc) is 3.09. The van der Waals surface area contributed by atoms with Crippen LogP contribution >= 0.6 is 11.3 Å². The van der Waals surface area contributed by atoms with Gasteiger partial charge in [-0.3, -0.25) is 9.59 Å². The lowest BCUT2D eigenvalue weighted by Gasteiger charge is -2.16. The van der Waals surface area contributed by atoms with Gasteiger partial charge in [-0.25, -0.2) is 0 Å². The summed E-state index contributed by atoms with van der Waals surface area (Å²) in [6.45, 7) is -0.336. The summed E-state index contributed by atoms with van der Waals surface area (Å²) in [4.78, 5) is 25.6. The molecule has 1 aromatic carbocycles. The molecule has 0 aliphatic heterocycles. The molecule has 1 amide bonds. The number of carbonyl (C=O) groups excluding carboxylic acids is 2. The van der Waals surface area contributed by atoms with Gasteiger partial charge in [0.15, 0.2) is 6.61 Å². The van der Waals surface area contributed by atoms with Gasteiger partial charge in [-0.15, -0.1) is 11.3 Å². The Kier molecular flexibility index (Phi) is 5.96. The summed E-state index contributed by atoms with van der Waals surface area (Å²) in [5, 5.41) is 12.8. The zero-order valence-electron chi connectivity index (χ0n) is 16.4. The summed E-state index contributed by atoms with van der Waals surface area (Å²) >= 11 is 1.47. The number of aryl methyl sites for hydroxylation is 3. The van der Waals surface area contributed by atoms with Crippen LogP contribution in [-0.2, 0) is 46.4 Å². The number of amides is 1. The zero-order chi connectivity index (χ0) is 20.2. The van der Waals surface area contributed by atoms with Crippen LogP contribution in [0.4, 0.5) is 5.00 Å². The molecular formula is C23H24N2O3S. The quantitative estimate of drug-likeness (QED) is 0.756. The van der Waals surface area contributed by atoms with Gasteiger partial charge in [0, 0.05) is 4.88 Å². The average molecular weight is 409 g/mol. The van der Waals surface area contributed by atoms with E-state index in [1.807, 2.05) is 6.07 Å². The molecule has 0 unspecified atom stereocenters. The van der Waals surface area contributed by atoms with Gasteiger partial charge in [0.05, 0.1) is 12.0 Å². The Bertz CT molecular complexity index is 987. The van der Waals surface area contributed by atoms with Crippen LogP contribution in [0.3, 0.4) is 0 Å². The van der Waals surface area contributed by atoms with Gasteiger partial charge in [-0.2, -0.15) is 5.26 Å². The summed E-state index contributed by atoms with van der Waals surface area (Å²) in [5.41, 5.74) is 5.26. The number of thiophene rings is 1. The molecule has 0 saturated heterocycles. The number of nitrogens with zero attached hydrogens (tertiary/aromatic N) is 1. The second-order valence-corrected chi connectivity index (χ2v) is 8.83. The van der Waals surface area contributed by atoms with E-state index in [1.54, 1.807) is 0 Å². The molecule has 1 heterocycles. The first-order chi connectivity index (χ1) is 14.1. The van der Waals surface area contributed by atoms with Crippen molar-refractivity contribution < 1.29 is 14.3 Å². The SMILES string of the molecule is N#Cc1c(NC(=O)COC(=O)Cc2ccc3c(c2)CCCC3)sc2c1CCCC2. The molecular weight excluding hydrogens is 384 g/mol. The second kappa shape index (κ2) is 8.79. The summed E-state index contributed by atoms with van der Waals surface area (Å²) in [6.07, 6.45) is 8.79. The lowest BCUT2D eigenvalue weighted by molar-refractivity contribution is -0.146. The van der Waals surface area contributed by atoms with Crippen LogP contribution in [0.25, 0.3) is 0 Å². The van der Waals surface area contributed by atoms with E-state index in [0.29, 0.717) is 10.6 Å². The highest BCUT2D eigenvalue weighted by atomic mass is 32.1. The number of carbonyl (C=O) groups is 2. The highest BCUT2D eigenvalue weighted by Crippen LogP contribution is 2.37. The predicted molar refractivity (Wildman–Crippen MR) is 112 cm³/mol. The maximum absolute atomic E-state index is 12.3. The maximum Gasteiger partial charge on any atom is 0.310 e. The van der Waals surface area contributed by atoms with Crippen molar-refractivity contribution >= 4 is 28.2 Å². The van der Waals surface area contributed by atoms with Gasteiger partial charge in [-0.05, 0) is 73.6 Å². The highest BCUT2D eigenvalue weighted by Gasteiger charge is 2.22. The number of nitriles is 1. The lowest BCUT2D eigenvalue weighted by atomic mass is 9.90. The Hall–Kier alpha value is -2.65. The van der Waals surface area contributed by atoms with Crippen molar-refractivity contribution in [1.82, 2.24) is 0 Å². The number of fused-ring (bicyclic) bond motifs is 2. The molecule has 0 fully saturated rings. The molecule has 4 rings (SSSR count). The van der Waals surface area contributed by atoms with Crippen molar-refractivity contribution in [2.75, 3.05) is 11.9 Å². The third-order valence-electron chi connectivity index (χ3n) is 5.66. The van der Waals surface area contributed by atoms with Crippen molar-refractivity contribution in [3.05, 3.63) is 50.9 Å². The van der Waals surface area contributed by atoms with Crippen molar-refractivity contribution in [2.24, 2.45) is 0 Å². The number of ether oxygens (including phenoxy) is 1. The van der Waals surface area contributed by atoms with E-state index in [0.717, 1.165) is 49.7 Å². The maximum atomic E-state index is 12.3. The van der Waals surface area contributed by atoms with Crippen LogP contribution in [0.2, 0.25) is 0 Å². The first kappa shape index (κ1) is 19.7. The Balaban J connectivity index is 1.31. The van der Waals surface area contributed by atoms with Gasteiger partial charge < -0.3 is 10.1 Å². The van der Waals surface area contributed by atoms with Crippen LogP contribution in [0.1, 0.15) is 58.4 Å². The molecule has 2 aliphatic carbocycles. The van der Waals surface area contributed by atoms with Gasteiger partial charge in [0.25, 0.3) is 5.91 Å². The minimum Gasteiger partial charge on any atom is -0.455 e. The van der Waals surface area contributed by atoms with E-state index < -0.39 is 11.9 Å². The molecule has 1 N–H and O–H groups in total. The molecule has 5 nitrogen and oxygen atoms in total. The summed E-state index contributed by atoms with van der Waals surface area (Å²) in [7, 11) is 0. The van der Waals surface area contributed by atoms with Crippen LogP contribution < -0.4 is 5.32 Å². The molecule has 2 aromatic rings. The molecule has 0 radical (unpaired) electrons. The van der Waals surface area contributed by atoms with Crippen molar-refractivity contribution in [2.45, 2.75) is 57.8 Å². The van der Waals surface area contributed by atoms with Crippen LogP contribution in [0.15, 0.2) is 18.2 Å². The Morgan fingerprint density at radius 3 is 2.66 bits per heavy atom. The minimum absolute atomic E-state index is 0.164. The first-order valence-electron chi connectivity index (χ1n) is 10.2. The second-order valence-electron chi connectivity index (χ2n) is 7.72. The fraction of sp³-hybridized carbons (Fsp3) is 0.435. The predicted octanol–water partition coefficient (Wildman–Crippen LogP) is 4.10. The molecule has 0 atom stereocenters. The number of esters is 1. The minimum atomic E-state index is -0.415. The number of hydrogen-bond acceptors (Lipinski definition) is 5. The third kappa shape index (κ3) is 4.51. The molecule has 0 spiro atoms. The fourth-order valence-electron chi connectivity index (χ4n) is 4.20. The van der Waals surface area contributed by atoms with Crippen LogP contribution in [-0.4, -0.2) is 18.5 Å². The monoisotopic (exact) mass is 408 g/mol. The molecule has 0 saturated carbocycles. The van der Waals surface area contributed by atoms with E-state index in [4.69, 9.17) is 4.74 Å². The van der Waals surface area contributed by atoms with Gasteiger partial charge >= 0.3 is 5.97 Å². The summed E-state index contributed by atoms with van der Waals surface area (Å²) < 4.78 is 5.17. The van der Waals surface area contributed by atoms with Crippen molar-refractivity contribution in [3.8, 4) is 6.07 Å². The Morgan fingerprint density at radius 2 is 1.83 bits per heavy atom. The van der Waals surface area contributed by atoms with Crippen LogP contribution in [0.5, 0.6) is 0 Å². The largest absolute Gasteiger partial charge is 0.455 e. The summed E-state index contributed by atoms with van der Waals surface area (Å²) in [5.74, 6) is -0.819. The standard InChI is InChI=1S/C23H24N2O3S/c24-13-19-18-7-3-4-8-20(18)29-23(19)25-21(26)14-28-22(27)12-15-9-10-16-5-1-2-6-17(16)11-15/h9-11H,1-8,12,14H2,(H,25,26). The molecule has 6 heteroatoms. The highest BCUT2D eigenvalue weighted by molar-refractivity contribution is 7.16. The van der Waals surface area contributed by atoms with Gasteiger partial charge in [-0.1, -0.05) is 18.2 Å². The smallest absolute Gasteiger partial charge is 0.310 e. The lowest BCUT2D eigenvalue weighted by Crippen LogP contribution is -2.21. The van der Waals surface area contributed by atoms with E-state index >= 15 is 0 Å². The first-order valence-corrected chi connectivity index (χ1v) is 11.1. The number of nitrogens with one attached hydrogen (secondary N) is 1. The number of hydrogen-bond donors (Lipinski definition) is 1. The molecule has 0 bridgehead atoms. The molecule has 1 aromatic heterocycles. The van der Waals surface area contributed by atoms with E-state index in [2.05, 4.69) is 23.5 Å². The van der Waals surface area contributed by atoms with E-state index in [9.17, 15) is 14.9 Å². The Labute approximate surface area is 174 Å². The summed E-state index contributed by atoms with van der Waals surface area (Å²) in [6, 6.07) is 8.38. The van der Waals surface area contributed by atoms with E-state index in [-0.39, 0.29) is 13.0 Å². The topological polar surface area (TPSA) is 79.2 Å².